The van der Waals surface area contributed by atoms with Crippen LogP contribution in [0.4, 0.5) is 10.5 Å². The number of piperazine rings is 1. The molecule has 2 heterocycles. The van der Waals surface area contributed by atoms with E-state index in [-0.39, 0.29) is 6.09 Å². The maximum absolute atomic E-state index is 12.2. The number of pyridine rings is 1. The second-order valence-corrected chi connectivity index (χ2v) is 7.16. The molecule has 0 bridgehead atoms. The van der Waals surface area contributed by atoms with E-state index in [0.717, 1.165) is 22.9 Å². The Morgan fingerprint density at radius 2 is 1.84 bits per heavy atom. The van der Waals surface area contributed by atoms with E-state index in [0.29, 0.717) is 31.9 Å². The lowest BCUT2D eigenvalue weighted by atomic mass is 10.1. The Morgan fingerprint density at radius 1 is 1.12 bits per heavy atom. The van der Waals surface area contributed by atoms with E-state index in [1.807, 2.05) is 45.0 Å². The second kappa shape index (κ2) is 6.70. The molecule has 2 aromatic rings. The van der Waals surface area contributed by atoms with Gasteiger partial charge < -0.3 is 14.5 Å². The van der Waals surface area contributed by atoms with Crippen LogP contribution in [0.3, 0.4) is 0 Å². The number of fused-ring (bicyclic) bond motifs is 1. The molecule has 0 saturated carbocycles. The third kappa shape index (κ3) is 3.90. The number of aldehydes is 1. The molecule has 1 aliphatic rings. The van der Waals surface area contributed by atoms with Crippen molar-refractivity contribution in [1.29, 1.82) is 0 Å². The van der Waals surface area contributed by atoms with E-state index in [9.17, 15) is 9.59 Å². The quantitative estimate of drug-likeness (QED) is 0.786. The minimum atomic E-state index is -0.487. The lowest BCUT2D eigenvalue weighted by molar-refractivity contribution is 0.0240. The van der Waals surface area contributed by atoms with Gasteiger partial charge in [0.1, 0.15) is 11.3 Å². The van der Waals surface area contributed by atoms with Gasteiger partial charge in [0.25, 0.3) is 0 Å². The number of rotatable bonds is 2. The topological polar surface area (TPSA) is 62.7 Å². The number of carbonyl (C=O) groups is 2. The monoisotopic (exact) mass is 341 g/mol. The van der Waals surface area contributed by atoms with E-state index >= 15 is 0 Å². The van der Waals surface area contributed by atoms with E-state index in [1.165, 1.54) is 0 Å². The molecule has 1 aromatic carbocycles. The van der Waals surface area contributed by atoms with Crippen LogP contribution in [0.5, 0.6) is 0 Å². The Bertz CT molecular complexity index is 790. The average Bonchev–Trinajstić information content (AvgIpc) is 2.59. The van der Waals surface area contributed by atoms with Crippen molar-refractivity contribution in [3.05, 3.63) is 36.0 Å². The summed E-state index contributed by atoms with van der Waals surface area (Å²) >= 11 is 0. The highest BCUT2D eigenvalue weighted by molar-refractivity contribution is 5.93. The fourth-order valence-electron chi connectivity index (χ4n) is 2.92. The first-order valence-corrected chi connectivity index (χ1v) is 8.45. The number of benzene rings is 1. The van der Waals surface area contributed by atoms with Crippen LogP contribution >= 0.6 is 0 Å². The number of ether oxygens (including phenoxy) is 1. The van der Waals surface area contributed by atoms with Crippen molar-refractivity contribution in [3.63, 3.8) is 0 Å². The van der Waals surface area contributed by atoms with Crippen LogP contribution in [-0.4, -0.2) is 54.0 Å². The zero-order chi connectivity index (χ0) is 18.0. The summed E-state index contributed by atoms with van der Waals surface area (Å²) in [7, 11) is 0. The first kappa shape index (κ1) is 17.2. The van der Waals surface area contributed by atoms with Gasteiger partial charge in [-0.1, -0.05) is 18.2 Å². The van der Waals surface area contributed by atoms with Crippen molar-refractivity contribution in [2.75, 3.05) is 31.1 Å². The van der Waals surface area contributed by atoms with Gasteiger partial charge in [0.15, 0.2) is 6.29 Å². The summed E-state index contributed by atoms with van der Waals surface area (Å²) in [5.74, 6) is 0. The van der Waals surface area contributed by atoms with Crippen LogP contribution in [0.1, 0.15) is 31.3 Å². The molecule has 0 aliphatic carbocycles. The summed E-state index contributed by atoms with van der Waals surface area (Å²) < 4.78 is 5.44. The molecule has 3 rings (SSSR count). The number of aromatic nitrogens is 1. The molecule has 0 N–H and O–H groups in total. The maximum atomic E-state index is 12.2. The molecule has 0 atom stereocenters. The highest BCUT2D eigenvalue weighted by Gasteiger charge is 2.26. The molecule has 6 heteroatoms. The van der Waals surface area contributed by atoms with Gasteiger partial charge in [-0.15, -0.1) is 0 Å². The van der Waals surface area contributed by atoms with Crippen molar-refractivity contribution in [1.82, 2.24) is 9.88 Å². The Kier molecular flexibility index (Phi) is 4.61. The molecule has 1 saturated heterocycles. The van der Waals surface area contributed by atoms with Gasteiger partial charge in [-0.05, 0) is 32.9 Å². The maximum Gasteiger partial charge on any atom is 0.410 e. The van der Waals surface area contributed by atoms with Gasteiger partial charge in [-0.3, -0.25) is 4.79 Å². The molecule has 1 aromatic heterocycles. The normalized spacial score (nSPS) is 15.3. The first-order valence-electron chi connectivity index (χ1n) is 8.45. The summed E-state index contributed by atoms with van der Waals surface area (Å²) in [6.07, 6.45) is 0.489. The first-order chi connectivity index (χ1) is 11.9. The van der Waals surface area contributed by atoms with Gasteiger partial charge in [-0.2, -0.15) is 0 Å². The Hall–Kier alpha value is -2.63. The molecule has 1 fully saturated rings. The fourth-order valence-corrected chi connectivity index (χ4v) is 2.92. The number of hydrogen-bond acceptors (Lipinski definition) is 5. The lowest BCUT2D eigenvalue weighted by Crippen LogP contribution is -2.50. The van der Waals surface area contributed by atoms with E-state index in [1.54, 1.807) is 11.0 Å². The molecule has 1 aliphatic heterocycles. The van der Waals surface area contributed by atoms with Gasteiger partial charge >= 0.3 is 6.09 Å². The van der Waals surface area contributed by atoms with E-state index < -0.39 is 5.60 Å². The third-order valence-corrected chi connectivity index (χ3v) is 4.11. The van der Waals surface area contributed by atoms with E-state index in [4.69, 9.17) is 4.74 Å². The summed E-state index contributed by atoms with van der Waals surface area (Å²) in [6.45, 7) is 8.20. The third-order valence-electron chi connectivity index (χ3n) is 4.11. The number of para-hydroxylation sites is 1. The van der Waals surface area contributed by atoms with Crippen LogP contribution in [0.2, 0.25) is 0 Å². The van der Waals surface area contributed by atoms with Crippen LogP contribution in [0.15, 0.2) is 30.3 Å². The van der Waals surface area contributed by atoms with Crippen molar-refractivity contribution < 1.29 is 14.3 Å². The molecule has 1 amide bonds. The molecule has 25 heavy (non-hydrogen) atoms. The lowest BCUT2D eigenvalue weighted by Gasteiger charge is -2.37. The SMILES string of the molecule is CC(C)(C)OC(=O)N1CCN(c2cccc3ccc(C=O)nc23)CC1. The van der Waals surface area contributed by atoms with Crippen LogP contribution in [-0.2, 0) is 4.74 Å². The molecule has 0 unspecified atom stereocenters. The van der Waals surface area contributed by atoms with Crippen LogP contribution < -0.4 is 4.90 Å². The van der Waals surface area contributed by atoms with Crippen LogP contribution in [0.25, 0.3) is 10.9 Å². The molecule has 0 spiro atoms. The Labute approximate surface area is 147 Å². The minimum Gasteiger partial charge on any atom is -0.444 e. The summed E-state index contributed by atoms with van der Waals surface area (Å²) in [4.78, 5) is 31.6. The number of amides is 1. The standard InChI is InChI=1S/C19H23N3O3/c1-19(2,3)25-18(24)22-11-9-21(10-12-22)16-6-4-5-14-7-8-15(13-23)20-17(14)16/h4-8,13H,9-12H2,1-3H3. The largest absolute Gasteiger partial charge is 0.444 e. The molecule has 132 valence electrons. The smallest absolute Gasteiger partial charge is 0.410 e. The number of anilines is 1. The summed E-state index contributed by atoms with van der Waals surface area (Å²) in [5.41, 5.74) is 1.74. The number of carbonyl (C=O) groups excluding carboxylic acids is 2. The van der Waals surface area contributed by atoms with Gasteiger partial charge in [0.05, 0.1) is 11.2 Å². The zero-order valence-electron chi connectivity index (χ0n) is 14.9. The Balaban J connectivity index is 1.76. The zero-order valence-corrected chi connectivity index (χ0v) is 14.9. The van der Waals surface area contributed by atoms with Gasteiger partial charge in [-0.25, -0.2) is 9.78 Å². The summed E-state index contributed by atoms with van der Waals surface area (Å²) in [6, 6.07) is 9.61. The number of nitrogens with zero attached hydrogens (tertiary/aromatic N) is 3. The number of hydrogen-bond donors (Lipinski definition) is 0. The van der Waals surface area contributed by atoms with Crippen molar-refractivity contribution in [2.45, 2.75) is 26.4 Å². The average molecular weight is 341 g/mol. The fraction of sp³-hybridized carbons (Fsp3) is 0.421. The molecular weight excluding hydrogens is 318 g/mol. The predicted octanol–water partition coefficient (Wildman–Crippen LogP) is 3.10. The summed E-state index contributed by atoms with van der Waals surface area (Å²) in [5, 5.41) is 0.998. The second-order valence-electron chi connectivity index (χ2n) is 7.16. The van der Waals surface area contributed by atoms with Crippen molar-refractivity contribution >= 4 is 29.0 Å². The highest BCUT2D eigenvalue weighted by Crippen LogP contribution is 2.26. The molecule has 6 nitrogen and oxygen atoms in total. The Morgan fingerprint density at radius 3 is 2.48 bits per heavy atom. The van der Waals surface area contributed by atoms with Crippen molar-refractivity contribution in [2.24, 2.45) is 0 Å². The molecule has 0 radical (unpaired) electrons. The van der Waals surface area contributed by atoms with Crippen molar-refractivity contribution in [3.8, 4) is 0 Å². The highest BCUT2D eigenvalue weighted by atomic mass is 16.6. The predicted molar refractivity (Wildman–Crippen MR) is 97.2 cm³/mol. The van der Waals surface area contributed by atoms with Crippen LogP contribution in [0, 0.1) is 0 Å². The van der Waals surface area contributed by atoms with Gasteiger partial charge in [0, 0.05) is 31.6 Å². The molecular formula is C19H23N3O3. The minimum absolute atomic E-state index is 0.272. The van der Waals surface area contributed by atoms with E-state index in [2.05, 4.69) is 9.88 Å². The van der Waals surface area contributed by atoms with Gasteiger partial charge in [0.2, 0.25) is 0 Å².